The van der Waals surface area contributed by atoms with E-state index in [0.29, 0.717) is 17.1 Å². The highest BCUT2D eigenvalue weighted by Crippen LogP contribution is 2.34. The molecule has 10 nitrogen and oxygen atoms in total. The van der Waals surface area contributed by atoms with Gasteiger partial charge in [-0.3, -0.25) is 25.1 Å². The van der Waals surface area contributed by atoms with Crippen molar-refractivity contribution in [1.29, 1.82) is 0 Å². The van der Waals surface area contributed by atoms with Crippen LogP contribution in [0, 0.1) is 18.7 Å². The zero-order valence-electron chi connectivity index (χ0n) is 17.7. The second-order valence-corrected chi connectivity index (χ2v) is 8.82. The first-order valence-corrected chi connectivity index (χ1v) is 11.0. The summed E-state index contributed by atoms with van der Waals surface area (Å²) in [4.78, 5) is 40.4. The molecular formula is C20H23FN6O4S. The molecule has 0 bridgehead atoms. The van der Waals surface area contributed by atoms with Gasteiger partial charge in [-0.25, -0.2) is 9.18 Å². The van der Waals surface area contributed by atoms with Crippen LogP contribution in [0.3, 0.4) is 0 Å². The Morgan fingerprint density at radius 2 is 2.06 bits per heavy atom. The zero-order valence-corrected chi connectivity index (χ0v) is 18.5. The Morgan fingerprint density at radius 1 is 1.28 bits per heavy atom. The van der Waals surface area contributed by atoms with E-state index in [1.54, 1.807) is 32.2 Å². The van der Waals surface area contributed by atoms with Crippen molar-refractivity contribution < 1.29 is 23.3 Å². The molecule has 0 radical (unpaired) electrons. The van der Waals surface area contributed by atoms with Gasteiger partial charge in [0, 0.05) is 20.2 Å². The second kappa shape index (κ2) is 8.88. The molecular weight excluding hydrogens is 439 g/mol. The molecule has 1 aromatic heterocycles. The number of nitrogens with one attached hydrogen (secondary N) is 3. The fourth-order valence-electron chi connectivity index (χ4n) is 3.85. The van der Waals surface area contributed by atoms with Gasteiger partial charge in [-0.15, -0.1) is 11.8 Å². The van der Waals surface area contributed by atoms with Crippen molar-refractivity contribution in [3.8, 4) is 0 Å². The molecule has 170 valence electrons. The van der Waals surface area contributed by atoms with Crippen LogP contribution in [0.5, 0.6) is 0 Å². The number of rotatable bonds is 5. The Hall–Kier alpha value is -2.96. The molecule has 3 heterocycles. The highest BCUT2D eigenvalue weighted by molar-refractivity contribution is 8.00. The summed E-state index contributed by atoms with van der Waals surface area (Å²) in [5.74, 6) is -0.831. The van der Waals surface area contributed by atoms with E-state index in [4.69, 9.17) is 4.52 Å². The van der Waals surface area contributed by atoms with E-state index in [1.165, 1.54) is 35.8 Å². The fraction of sp³-hybridized carbons (Fsp3) is 0.400. The number of aromatic nitrogens is 1. The van der Waals surface area contributed by atoms with Crippen LogP contribution in [0.25, 0.3) is 0 Å². The third-order valence-corrected chi connectivity index (χ3v) is 6.65. The third kappa shape index (κ3) is 4.33. The first-order valence-electron chi connectivity index (χ1n) is 9.91. The van der Waals surface area contributed by atoms with Crippen molar-refractivity contribution in [2.75, 3.05) is 25.2 Å². The van der Waals surface area contributed by atoms with Crippen LogP contribution in [0.4, 0.5) is 15.0 Å². The zero-order chi connectivity index (χ0) is 23.0. The predicted octanol–water partition coefficient (Wildman–Crippen LogP) is 1.48. The predicted molar refractivity (Wildman–Crippen MR) is 115 cm³/mol. The summed E-state index contributed by atoms with van der Waals surface area (Å²) in [5.41, 5.74) is 0.615. The highest BCUT2D eigenvalue weighted by Gasteiger charge is 2.51. The van der Waals surface area contributed by atoms with Crippen LogP contribution in [-0.2, 0) is 9.59 Å². The van der Waals surface area contributed by atoms with E-state index in [0.717, 1.165) is 4.90 Å². The summed E-state index contributed by atoms with van der Waals surface area (Å²) >= 11 is 1.23. The lowest BCUT2D eigenvalue weighted by Crippen LogP contribution is -2.72. The molecule has 0 saturated carbocycles. The minimum atomic E-state index is -0.653. The Bertz CT molecular complexity index is 1050. The number of imide groups is 1. The van der Waals surface area contributed by atoms with E-state index in [1.807, 2.05) is 0 Å². The molecule has 4 unspecified atom stereocenters. The van der Waals surface area contributed by atoms with E-state index < -0.39 is 35.5 Å². The molecule has 4 amide bonds. The number of benzene rings is 1. The standard InChI is InChI=1S/C20H23FN6O4S/c1-10-7-13(25-31-10)22-14(28)9-32-18-15-17(26(2)20(30)27(3)19(15)29)23-16(24-18)11-5-4-6-12(21)8-11/h4-8,15-18,23-24H,9H2,1-3H3,(H,22,25,28). The average Bonchev–Trinajstić information content (AvgIpc) is 3.18. The molecule has 2 aliphatic rings. The largest absolute Gasteiger partial charge is 0.360 e. The minimum Gasteiger partial charge on any atom is -0.360 e. The number of nitrogens with zero attached hydrogens (tertiary/aromatic N) is 3. The van der Waals surface area contributed by atoms with E-state index in [-0.39, 0.29) is 17.6 Å². The van der Waals surface area contributed by atoms with Gasteiger partial charge in [0.1, 0.15) is 11.6 Å². The maximum atomic E-state index is 13.8. The quantitative estimate of drug-likeness (QED) is 0.611. The summed E-state index contributed by atoms with van der Waals surface area (Å²) in [6.45, 7) is 1.71. The van der Waals surface area contributed by atoms with Crippen LogP contribution in [0.2, 0.25) is 0 Å². The smallest absolute Gasteiger partial charge is 0.327 e. The van der Waals surface area contributed by atoms with E-state index >= 15 is 0 Å². The van der Waals surface area contributed by atoms with Crippen molar-refractivity contribution in [1.82, 2.24) is 25.6 Å². The molecule has 3 N–H and O–H groups in total. The van der Waals surface area contributed by atoms with Gasteiger partial charge in [0.25, 0.3) is 0 Å². The summed E-state index contributed by atoms with van der Waals surface area (Å²) in [6, 6.07) is 7.21. The summed E-state index contributed by atoms with van der Waals surface area (Å²) in [6.07, 6.45) is -1.16. The number of fused-ring (bicyclic) bond motifs is 1. The normalized spacial score (nSPS) is 25.6. The molecule has 0 aliphatic carbocycles. The lowest BCUT2D eigenvalue weighted by atomic mass is 9.96. The number of urea groups is 1. The number of anilines is 1. The van der Waals surface area contributed by atoms with Gasteiger partial charge in [0.15, 0.2) is 5.82 Å². The van der Waals surface area contributed by atoms with Crippen LogP contribution in [-0.4, -0.2) is 64.2 Å². The lowest BCUT2D eigenvalue weighted by Gasteiger charge is -2.50. The van der Waals surface area contributed by atoms with Crippen molar-refractivity contribution in [2.45, 2.75) is 24.6 Å². The SMILES string of the molecule is Cc1cc(NC(=O)CSC2NC(c3cccc(F)c3)NC3C2C(=O)N(C)C(=O)N3C)no1. The van der Waals surface area contributed by atoms with Gasteiger partial charge in [-0.2, -0.15) is 0 Å². The molecule has 12 heteroatoms. The van der Waals surface area contributed by atoms with Crippen LogP contribution >= 0.6 is 11.8 Å². The van der Waals surface area contributed by atoms with Gasteiger partial charge in [0.05, 0.1) is 29.4 Å². The highest BCUT2D eigenvalue weighted by atomic mass is 32.2. The summed E-state index contributed by atoms with van der Waals surface area (Å²) in [7, 11) is 3.03. The number of halogens is 1. The Kier molecular flexibility index (Phi) is 6.17. The minimum absolute atomic E-state index is 0.0251. The molecule has 2 aliphatic heterocycles. The van der Waals surface area contributed by atoms with Crippen molar-refractivity contribution in [3.05, 3.63) is 47.5 Å². The number of thioether (sulfide) groups is 1. The second-order valence-electron chi connectivity index (χ2n) is 7.69. The number of aryl methyl sites for hydroxylation is 1. The molecule has 4 atom stereocenters. The van der Waals surface area contributed by atoms with Gasteiger partial charge >= 0.3 is 6.03 Å². The Balaban J connectivity index is 1.54. The van der Waals surface area contributed by atoms with Crippen molar-refractivity contribution in [2.24, 2.45) is 5.92 Å². The van der Waals surface area contributed by atoms with Crippen molar-refractivity contribution >= 4 is 35.4 Å². The number of amides is 4. The molecule has 2 aromatic rings. The summed E-state index contributed by atoms with van der Waals surface area (Å²) < 4.78 is 18.8. The van der Waals surface area contributed by atoms with Gasteiger partial charge < -0.3 is 14.7 Å². The maximum Gasteiger partial charge on any atom is 0.327 e. The first kappa shape index (κ1) is 22.2. The molecule has 4 rings (SSSR count). The van der Waals surface area contributed by atoms with E-state index in [9.17, 15) is 18.8 Å². The van der Waals surface area contributed by atoms with Gasteiger partial charge in [-0.05, 0) is 24.6 Å². The molecule has 0 spiro atoms. The van der Waals surface area contributed by atoms with E-state index in [2.05, 4.69) is 21.1 Å². The van der Waals surface area contributed by atoms with Crippen LogP contribution in [0.15, 0.2) is 34.9 Å². The topological polar surface area (TPSA) is 120 Å². The first-order chi connectivity index (χ1) is 15.2. The Labute approximate surface area is 187 Å². The van der Waals surface area contributed by atoms with Crippen LogP contribution in [0.1, 0.15) is 17.5 Å². The molecule has 1 aromatic carbocycles. The van der Waals surface area contributed by atoms with Gasteiger partial charge in [-0.1, -0.05) is 17.3 Å². The number of carbonyl (C=O) groups is 3. The monoisotopic (exact) mass is 462 g/mol. The lowest BCUT2D eigenvalue weighted by molar-refractivity contribution is -0.140. The number of hydrogen-bond acceptors (Lipinski definition) is 8. The fourth-order valence-corrected chi connectivity index (χ4v) is 4.95. The Morgan fingerprint density at radius 3 is 2.75 bits per heavy atom. The van der Waals surface area contributed by atoms with Crippen LogP contribution < -0.4 is 16.0 Å². The third-order valence-electron chi connectivity index (χ3n) is 5.43. The molecule has 2 saturated heterocycles. The number of hydrogen-bond donors (Lipinski definition) is 3. The maximum absolute atomic E-state index is 13.8. The average molecular weight is 463 g/mol. The number of carbonyl (C=O) groups excluding carboxylic acids is 3. The van der Waals surface area contributed by atoms with Gasteiger partial charge in [0.2, 0.25) is 11.8 Å². The molecule has 32 heavy (non-hydrogen) atoms. The molecule has 2 fully saturated rings. The van der Waals surface area contributed by atoms with Crippen molar-refractivity contribution in [3.63, 3.8) is 0 Å². The summed E-state index contributed by atoms with van der Waals surface area (Å²) in [5, 5.41) is 12.4.